The predicted molar refractivity (Wildman–Crippen MR) is 191 cm³/mol. The fraction of sp³-hybridized carbons (Fsp3) is 0.172. The zero-order valence-corrected chi connectivity index (χ0v) is 30.5. The van der Waals surface area contributed by atoms with Crippen molar-refractivity contribution < 1.29 is 54.1 Å². The molecular formula is C29H28ClN9O12S3. The summed E-state index contributed by atoms with van der Waals surface area (Å²) in [6.07, 6.45) is -1.42. The van der Waals surface area contributed by atoms with E-state index >= 15 is 0 Å². The second kappa shape index (κ2) is 17.5. The first-order valence-corrected chi connectivity index (χ1v) is 19.7. The van der Waals surface area contributed by atoms with Crippen LogP contribution in [0.25, 0.3) is 0 Å². The van der Waals surface area contributed by atoms with Crippen molar-refractivity contribution in [1.82, 2.24) is 15.0 Å². The summed E-state index contributed by atoms with van der Waals surface area (Å²) >= 11 is 6.02. The van der Waals surface area contributed by atoms with Gasteiger partial charge >= 0.3 is 5.97 Å². The third-order valence-electron chi connectivity index (χ3n) is 6.66. The van der Waals surface area contributed by atoms with Crippen LogP contribution in [0.4, 0.5) is 29.0 Å². The summed E-state index contributed by atoms with van der Waals surface area (Å²) < 4.78 is 95.2. The number of phenolic OH excluding ortho intramolecular Hbond substituents is 1. The number of anilines is 3. The van der Waals surface area contributed by atoms with Crippen LogP contribution in [0.3, 0.4) is 0 Å². The van der Waals surface area contributed by atoms with Crippen molar-refractivity contribution in [2.24, 2.45) is 20.5 Å². The number of aromatic hydroxyl groups is 1. The SMILES string of the molecule is C=CS(=O)(=O)CCOCCNc1nc(Cl)nc(Nc2cc(S(=O)(=O)O)cc(N=NC(N=Nc3cc(S(=O)(=O)O)ccc3C(=O)O)c3ccccc3)c2O)n1. The fourth-order valence-corrected chi connectivity index (χ4v) is 5.77. The molecule has 54 heavy (non-hydrogen) atoms. The van der Waals surface area contributed by atoms with Crippen LogP contribution in [0.5, 0.6) is 5.75 Å². The van der Waals surface area contributed by atoms with E-state index in [1.165, 1.54) is 12.1 Å². The highest BCUT2D eigenvalue weighted by Gasteiger charge is 2.21. The summed E-state index contributed by atoms with van der Waals surface area (Å²) in [5.74, 6) is -2.93. The van der Waals surface area contributed by atoms with E-state index in [1.807, 2.05) is 0 Å². The van der Waals surface area contributed by atoms with Crippen molar-refractivity contribution in [3.8, 4) is 5.75 Å². The van der Waals surface area contributed by atoms with E-state index in [1.54, 1.807) is 18.2 Å². The molecule has 1 heterocycles. The highest BCUT2D eigenvalue weighted by atomic mass is 35.5. The van der Waals surface area contributed by atoms with Crippen molar-refractivity contribution in [3.63, 3.8) is 0 Å². The Balaban J connectivity index is 1.66. The molecule has 0 aliphatic rings. The number of rotatable bonds is 18. The fourth-order valence-electron chi connectivity index (χ4n) is 4.07. The number of nitrogens with one attached hydrogen (secondary N) is 2. The van der Waals surface area contributed by atoms with Gasteiger partial charge in [-0.1, -0.05) is 36.9 Å². The number of sulfone groups is 1. The highest BCUT2D eigenvalue weighted by Crippen LogP contribution is 2.40. The molecule has 0 spiro atoms. The number of hydrogen-bond acceptors (Lipinski definition) is 18. The van der Waals surface area contributed by atoms with Gasteiger partial charge in [-0.15, -0.1) is 5.11 Å². The van der Waals surface area contributed by atoms with Gasteiger partial charge in [-0.05, 0) is 41.9 Å². The molecule has 21 nitrogen and oxygen atoms in total. The van der Waals surface area contributed by atoms with Gasteiger partial charge < -0.3 is 25.6 Å². The van der Waals surface area contributed by atoms with Crippen LogP contribution in [0, 0.1) is 0 Å². The van der Waals surface area contributed by atoms with E-state index in [4.69, 9.17) is 16.3 Å². The number of nitrogens with zero attached hydrogens (tertiary/aromatic N) is 7. The van der Waals surface area contributed by atoms with E-state index < -0.39 is 80.4 Å². The van der Waals surface area contributed by atoms with Gasteiger partial charge in [0.1, 0.15) is 11.4 Å². The summed E-state index contributed by atoms with van der Waals surface area (Å²) in [6, 6.07) is 12.0. The number of aromatic carboxylic acids is 1. The van der Waals surface area contributed by atoms with E-state index in [0.29, 0.717) is 5.56 Å². The van der Waals surface area contributed by atoms with Crippen molar-refractivity contribution >= 4 is 76.6 Å². The Morgan fingerprint density at radius 2 is 1.50 bits per heavy atom. The normalized spacial score (nSPS) is 12.9. The van der Waals surface area contributed by atoms with Crippen LogP contribution in [-0.2, 0) is 34.8 Å². The number of benzene rings is 3. The lowest BCUT2D eigenvalue weighted by atomic mass is 10.2. The smallest absolute Gasteiger partial charge is 0.337 e. The lowest BCUT2D eigenvalue weighted by Crippen LogP contribution is -2.16. The Morgan fingerprint density at radius 1 is 0.870 bits per heavy atom. The van der Waals surface area contributed by atoms with Crippen molar-refractivity contribution in [1.29, 1.82) is 0 Å². The largest absolute Gasteiger partial charge is 0.504 e. The molecule has 0 radical (unpaired) electrons. The molecule has 0 saturated carbocycles. The molecule has 25 heteroatoms. The highest BCUT2D eigenvalue weighted by molar-refractivity contribution is 7.94. The average molecular weight is 826 g/mol. The minimum Gasteiger partial charge on any atom is -0.504 e. The van der Waals surface area contributed by atoms with Crippen LogP contribution < -0.4 is 10.6 Å². The Bertz CT molecular complexity index is 2440. The van der Waals surface area contributed by atoms with Crippen molar-refractivity contribution in [3.05, 3.63) is 89.1 Å². The van der Waals surface area contributed by atoms with Crippen LogP contribution in [0.15, 0.2) is 103 Å². The Labute approximate surface area is 312 Å². The molecule has 286 valence electrons. The van der Waals surface area contributed by atoms with Gasteiger partial charge in [0.25, 0.3) is 20.2 Å². The van der Waals surface area contributed by atoms with E-state index in [-0.39, 0.29) is 42.7 Å². The number of carboxylic acid groups (broad SMARTS) is 1. The van der Waals surface area contributed by atoms with Gasteiger partial charge in [-0.3, -0.25) is 9.11 Å². The number of carbonyl (C=O) groups is 1. The number of phenols is 1. The molecule has 4 rings (SSSR count). The Kier molecular flexibility index (Phi) is 13.4. The molecule has 0 saturated heterocycles. The third kappa shape index (κ3) is 11.8. The number of carboxylic acids is 1. The second-order valence-corrected chi connectivity index (χ2v) is 15.7. The molecule has 0 fully saturated rings. The maximum atomic E-state index is 12.2. The summed E-state index contributed by atoms with van der Waals surface area (Å²) in [7, 11) is -13.1. The van der Waals surface area contributed by atoms with Gasteiger partial charge in [-0.25, -0.2) is 13.2 Å². The van der Waals surface area contributed by atoms with E-state index in [0.717, 1.165) is 35.7 Å². The zero-order chi connectivity index (χ0) is 39.7. The number of halogens is 1. The van der Waals surface area contributed by atoms with Crippen LogP contribution in [0.2, 0.25) is 5.28 Å². The molecule has 4 aromatic rings. The number of hydrogen-bond donors (Lipinski definition) is 6. The van der Waals surface area contributed by atoms with Crippen molar-refractivity contribution in [2.45, 2.75) is 16.0 Å². The molecule has 1 atom stereocenters. The van der Waals surface area contributed by atoms with Crippen LogP contribution in [-0.4, -0.2) is 91.0 Å². The van der Waals surface area contributed by atoms with Gasteiger partial charge in [-0.2, -0.15) is 47.1 Å². The lowest BCUT2D eigenvalue weighted by Gasteiger charge is -2.12. The third-order valence-corrected chi connectivity index (χ3v) is 9.75. The van der Waals surface area contributed by atoms with Crippen LogP contribution >= 0.6 is 11.6 Å². The average Bonchev–Trinajstić information content (AvgIpc) is 3.10. The maximum Gasteiger partial charge on any atom is 0.337 e. The van der Waals surface area contributed by atoms with Gasteiger partial charge in [0.2, 0.25) is 23.3 Å². The lowest BCUT2D eigenvalue weighted by molar-refractivity contribution is 0.0697. The molecule has 0 bridgehead atoms. The van der Waals surface area contributed by atoms with E-state index in [2.05, 4.69) is 52.6 Å². The first kappa shape index (κ1) is 41.3. The van der Waals surface area contributed by atoms with Gasteiger partial charge in [0, 0.05) is 17.5 Å². The summed E-state index contributed by atoms with van der Waals surface area (Å²) in [4.78, 5) is 22.2. The molecule has 6 N–H and O–H groups in total. The topological polar surface area (TPSA) is 322 Å². The first-order chi connectivity index (χ1) is 25.4. The standard InChI is InChI=1S/C29H28ClN9O12S3/c1-2-52(43,44)13-12-51-11-10-31-28-33-27(30)34-29(35-28)32-22-15-19(54(48,49)50)16-23(24(22)40)37-39-25(17-6-4-3-5-7-17)38-36-21-14-18(53(45,46)47)8-9-20(21)26(41)42/h2-9,14-16,25,40H,1,10-13H2,(H,41,42)(H,45,46,47)(H,48,49,50)(H2,31,32,33,34,35). The molecule has 0 aliphatic heterocycles. The first-order valence-electron chi connectivity index (χ1n) is 14.8. The monoisotopic (exact) mass is 825 g/mol. The summed E-state index contributed by atoms with van der Waals surface area (Å²) in [5.41, 5.74) is -1.62. The number of ether oxygens (including phenoxy) is 1. The molecule has 1 aromatic heterocycles. The summed E-state index contributed by atoms with van der Waals surface area (Å²) in [6.45, 7) is 3.23. The quantitative estimate of drug-likeness (QED) is 0.0342. The van der Waals surface area contributed by atoms with Gasteiger partial charge in [0.05, 0.1) is 40.0 Å². The predicted octanol–water partition coefficient (Wildman–Crippen LogP) is 4.72. The maximum absolute atomic E-state index is 12.2. The van der Waals surface area contributed by atoms with E-state index in [9.17, 15) is 49.4 Å². The molecule has 0 amide bonds. The second-order valence-electron chi connectivity index (χ2n) is 10.4. The Hall–Kier alpha value is -5.50. The summed E-state index contributed by atoms with van der Waals surface area (Å²) in [5, 5.41) is 42.2. The van der Waals surface area contributed by atoms with Gasteiger partial charge in [0.15, 0.2) is 15.6 Å². The van der Waals surface area contributed by atoms with Crippen molar-refractivity contribution in [2.75, 3.05) is 36.1 Å². The molecule has 3 aromatic carbocycles. The Morgan fingerprint density at radius 3 is 2.13 bits per heavy atom. The molecule has 0 aliphatic carbocycles. The minimum absolute atomic E-state index is 0.0332. The zero-order valence-electron chi connectivity index (χ0n) is 27.3. The molecular weight excluding hydrogens is 798 g/mol. The van der Waals surface area contributed by atoms with Crippen LogP contribution in [0.1, 0.15) is 22.1 Å². The number of aromatic nitrogens is 3. The molecule has 1 unspecified atom stereocenters. The minimum atomic E-state index is -4.94. The number of azo groups is 2.